The molecule has 0 aromatic heterocycles. The van der Waals surface area contributed by atoms with E-state index in [0.717, 1.165) is 0 Å². The van der Waals surface area contributed by atoms with Crippen LogP contribution in [-0.4, -0.2) is 34.6 Å². The van der Waals surface area contributed by atoms with Crippen molar-refractivity contribution >= 4 is 34.5 Å². The molecule has 0 fully saturated rings. The molecule has 108 valence electrons. The van der Waals surface area contributed by atoms with Crippen molar-refractivity contribution in [2.75, 3.05) is 6.73 Å². The molecule has 1 rings (SSSR count). The van der Waals surface area contributed by atoms with Crippen LogP contribution in [0.4, 0.5) is 0 Å². The molecular formula is C13H20INO4. The molecule has 0 saturated carbocycles. The van der Waals surface area contributed by atoms with Crippen LogP contribution in [0.3, 0.4) is 0 Å². The van der Waals surface area contributed by atoms with Crippen LogP contribution in [0.2, 0.25) is 0 Å². The van der Waals surface area contributed by atoms with Gasteiger partial charge in [-0.25, -0.2) is 4.79 Å². The average molecular weight is 381 g/mol. The molecule has 1 aliphatic heterocycles. The highest BCUT2D eigenvalue weighted by molar-refractivity contribution is 14.1. The zero-order valence-corrected chi connectivity index (χ0v) is 14.3. The van der Waals surface area contributed by atoms with E-state index in [9.17, 15) is 9.59 Å². The molecule has 0 saturated heterocycles. The van der Waals surface area contributed by atoms with Crippen LogP contribution in [-0.2, 0) is 19.1 Å². The van der Waals surface area contributed by atoms with E-state index in [2.05, 4.69) is 0 Å². The number of carbonyl (C=O) groups is 2. The van der Waals surface area contributed by atoms with Gasteiger partial charge in [-0.3, -0.25) is 9.69 Å². The summed E-state index contributed by atoms with van der Waals surface area (Å²) in [5, 5.41) is 0. The number of ether oxygens (including phenoxy) is 2. The lowest BCUT2D eigenvalue weighted by atomic mass is 10.0. The van der Waals surface area contributed by atoms with Crippen molar-refractivity contribution in [2.24, 2.45) is 0 Å². The average Bonchev–Trinajstić information content (AvgIpc) is 2.23. The second-order valence-corrected chi connectivity index (χ2v) is 7.02. The van der Waals surface area contributed by atoms with Crippen LogP contribution in [0, 0.1) is 0 Å². The van der Waals surface area contributed by atoms with E-state index in [1.165, 1.54) is 4.90 Å². The fraction of sp³-hybridized carbons (Fsp3) is 0.692. The molecule has 19 heavy (non-hydrogen) atoms. The van der Waals surface area contributed by atoms with E-state index in [-0.39, 0.29) is 12.6 Å². The topological polar surface area (TPSA) is 55.8 Å². The van der Waals surface area contributed by atoms with Crippen LogP contribution in [0.5, 0.6) is 0 Å². The first-order chi connectivity index (χ1) is 8.47. The lowest BCUT2D eigenvalue weighted by Gasteiger charge is -2.39. The summed E-state index contributed by atoms with van der Waals surface area (Å²) in [5.74, 6) is -0.0669. The Kier molecular flexibility index (Phi) is 4.54. The third-order valence-corrected chi connectivity index (χ3v) is 3.95. The Balaban J connectivity index is 2.96. The van der Waals surface area contributed by atoms with Crippen LogP contribution in [0.25, 0.3) is 0 Å². The maximum absolute atomic E-state index is 12.2. The van der Waals surface area contributed by atoms with Gasteiger partial charge in [0, 0.05) is 0 Å². The van der Waals surface area contributed by atoms with Crippen LogP contribution in [0.1, 0.15) is 41.5 Å². The Morgan fingerprint density at radius 3 is 2.32 bits per heavy atom. The molecule has 0 aromatic carbocycles. The minimum absolute atomic E-state index is 0.0589. The van der Waals surface area contributed by atoms with Crippen molar-refractivity contribution in [3.05, 3.63) is 9.34 Å². The number of hydrogen-bond donors (Lipinski definition) is 0. The first-order valence-corrected chi connectivity index (χ1v) is 7.09. The predicted octanol–water partition coefficient (Wildman–Crippen LogP) is 2.59. The molecule has 0 aromatic rings. The van der Waals surface area contributed by atoms with Crippen molar-refractivity contribution in [3.8, 4) is 0 Å². The molecule has 0 aliphatic carbocycles. The maximum atomic E-state index is 12.2. The van der Waals surface area contributed by atoms with Gasteiger partial charge in [-0.05, 0) is 64.1 Å². The normalized spacial score (nSPS) is 17.4. The Hall–Kier alpha value is -0.790. The fourth-order valence-electron chi connectivity index (χ4n) is 1.48. The van der Waals surface area contributed by atoms with Crippen LogP contribution < -0.4 is 0 Å². The number of rotatable bonds is 2. The minimum Gasteiger partial charge on any atom is -0.476 e. The quantitative estimate of drug-likeness (QED) is 0.545. The predicted molar refractivity (Wildman–Crippen MR) is 79.4 cm³/mol. The standard InChI is InChI=1S/C13H20INO4/c1-8-9(14)10(16)15(7-18-8)13(5,6)11(17)19-12(2,3)4/h7H2,1-6H3. The number of nitrogens with zero attached hydrogens (tertiary/aromatic N) is 1. The van der Waals surface area contributed by atoms with Gasteiger partial charge in [0.25, 0.3) is 5.91 Å². The first-order valence-electron chi connectivity index (χ1n) is 6.01. The van der Waals surface area contributed by atoms with E-state index in [1.807, 2.05) is 22.6 Å². The van der Waals surface area contributed by atoms with Gasteiger partial charge in [0.1, 0.15) is 20.5 Å². The van der Waals surface area contributed by atoms with Crippen LogP contribution >= 0.6 is 22.6 Å². The van der Waals surface area contributed by atoms with Gasteiger partial charge < -0.3 is 9.47 Å². The molecule has 0 spiro atoms. The van der Waals surface area contributed by atoms with E-state index >= 15 is 0 Å². The van der Waals surface area contributed by atoms with Crippen molar-refractivity contribution in [3.63, 3.8) is 0 Å². The second-order valence-electron chi connectivity index (χ2n) is 5.94. The van der Waals surface area contributed by atoms with Crippen molar-refractivity contribution in [2.45, 2.75) is 52.7 Å². The monoisotopic (exact) mass is 381 g/mol. The largest absolute Gasteiger partial charge is 0.476 e. The number of halogens is 1. The first kappa shape index (κ1) is 16.3. The van der Waals surface area contributed by atoms with E-state index in [1.54, 1.807) is 41.5 Å². The summed E-state index contributed by atoms with van der Waals surface area (Å²) in [7, 11) is 0. The summed E-state index contributed by atoms with van der Waals surface area (Å²) < 4.78 is 11.3. The molecule has 0 unspecified atom stereocenters. The fourth-order valence-corrected chi connectivity index (χ4v) is 1.93. The number of esters is 1. The summed E-state index contributed by atoms with van der Waals surface area (Å²) in [6, 6.07) is 0. The van der Waals surface area contributed by atoms with Crippen molar-refractivity contribution in [1.29, 1.82) is 0 Å². The maximum Gasteiger partial charge on any atom is 0.332 e. The summed E-state index contributed by atoms with van der Waals surface area (Å²) in [5.41, 5.74) is -1.66. The minimum atomic E-state index is -1.07. The van der Waals surface area contributed by atoms with Gasteiger partial charge in [0.15, 0.2) is 6.73 Å². The molecular weight excluding hydrogens is 361 g/mol. The summed E-state index contributed by atoms with van der Waals surface area (Å²) >= 11 is 1.93. The SMILES string of the molecule is CC1=C(I)C(=O)N(C(C)(C)C(=O)OC(C)(C)C)CO1. The van der Waals surface area contributed by atoms with E-state index < -0.39 is 17.1 Å². The van der Waals surface area contributed by atoms with Crippen molar-refractivity contribution < 1.29 is 19.1 Å². The number of hydrogen-bond acceptors (Lipinski definition) is 4. The third kappa shape index (κ3) is 3.61. The lowest BCUT2D eigenvalue weighted by Crippen LogP contribution is -2.56. The van der Waals surface area contributed by atoms with Gasteiger partial charge in [-0.1, -0.05) is 0 Å². The zero-order valence-electron chi connectivity index (χ0n) is 12.2. The van der Waals surface area contributed by atoms with Gasteiger partial charge in [-0.2, -0.15) is 0 Å². The molecule has 0 radical (unpaired) electrons. The van der Waals surface area contributed by atoms with Crippen LogP contribution in [0.15, 0.2) is 9.34 Å². The Morgan fingerprint density at radius 1 is 1.32 bits per heavy atom. The van der Waals surface area contributed by atoms with Gasteiger partial charge in [0.05, 0.1) is 0 Å². The Bertz CT molecular complexity index is 434. The highest BCUT2D eigenvalue weighted by Gasteiger charge is 2.43. The Labute approximate surface area is 127 Å². The molecule has 0 atom stereocenters. The highest BCUT2D eigenvalue weighted by atomic mass is 127. The second kappa shape index (κ2) is 5.30. The molecule has 5 nitrogen and oxygen atoms in total. The summed E-state index contributed by atoms with van der Waals surface area (Å²) in [6.45, 7) is 10.5. The highest BCUT2D eigenvalue weighted by Crippen LogP contribution is 2.29. The van der Waals surface area contributed by atoms with Gasteiger partial charge in [-0.15, -0.1) is 0 Å². The molecule has 6 heteroatoms. The molecule has 1 aliphatic rings. The van der Waals surface area contributed by atoms with E-state index in [4.69, 9.17) is 9.47 Å². The van der Waals surface area contributed by atoms with E-state index in [0.29, 0.717) is 9.34 Å². The molecule has 0 N–H and O–H groups in total. The van der Waals surface area contributed by atoms with Gasteiger partial charge in [0.2, 0.25) is 0 Å². The smallest absolute Gasteiger partial charge is 0.332 e. The summed E-state index contributed by atoms with van der Waals surface area (Å²) in [4.78, 5) is 25.8. The molecule has 1 heterocycles. The molecule has 1 amide bonds. The lowest BCUT2D eigenvalue weighted by molar-refractivity contribution is -0.175. The number of allylic oxidation sites excluding steroid dienone is 1. The summed E-state index contributed by atoms with van der Waals surface area (Å²) in [6.07, 6.45) is 0. The zero-order chi connectivity index (χ0) is 15.0. The molecule has 0 bridgehead atoms. The van der Waals surface area contributed by atoms with Gasteiger partial charge >= 0.3 is 5.97 Å². The number of amides is 1. The van der Waals surface area contributed by atoms with Crippen molar-refractivity contribution in [1.82, 2.24) is 4.90 Å². The number of carbonyl (C=O) groups excluding carboxylic acids is 2. The third-order valence-electron chi connectivity index (χ3n) is 2.73. The Morgan fingerprint density at radius 2 is 1.84 bits per heavy atom.